The molecule has 2 N–H and O–H groups in total. The number of aromatic amines is 1. The largest absolute Gasteiger partial charge is 0.477 e. The Morgan fingerprint density at radius 1 is 1.55 bits per heavy atom. The Labute approximate surface area is 119 Å². The zero-order valence-corrected chi connectivity index (χ0v) is 12.5. The lowest BCUT2D eigenvalue weighted by molar-refractivity contribution is 0.0691. The third kappa shape index (κ3) is 2.89. The number of rotatable bonds is 5. The van der Waals surface area contributed by atoms with Gasteiger partial charge in [0.2, 0.25) is 10.0 Å². The van der Waals surface area contributed by atoms with Crippen molar-refractivity contribution < 1.29 is 18.3 Å². The van der Waals surface area contributed by atoms with E-state index in [0.717, 1.165) is 20.3 Å². The normalized spacial score (nSPS) is 11.9. The summed E-state index contributed by atoms with van der Waals surface area (Å²) in [6, 6.07) is 1.10. The quantitative estimate of drug-likeness (QED) is 0.865. The van der Waals surface area contributed by atoms with Crippen LogP contribution >= 0.6 is 11.3 Å². The first-order valence-corrected chi connectivity index (χ1v) is 7.85. The average molecular weight is 315 g/mol. The molecule has 2 aromatic heterocycles. The number of nitrogens with zero attached hydrogens (tertiary/aromatic N) is 2. The van der Waals surface area contributed by atoms with Crippen molar-refractivity contribution in [1.29, 1.82) is 0 Å². The van der Waals surface area contributed by atoms with Gasteiger partial charge in [0.05, 0.1) is 5.01 Å². The summed E-state index contributed by atoms with van der Waals surface area (Å²) in [5.74, 6) is -1.20. The third-order valence-corrected chi connectivity index (χ3v) is 5.32. The molecule has 2 rings (SSSR count). The number of aromatic nitrogens is 2. The number of hydrogen-bond acceptors (Lipinski definition) is 5. The third-order valence-electron chi connectivity index (χ3n) is 2.64. The highest BCUT2D eigenvalue weighted by Gasteiger charge is 2.24. The lowest BCUT2D eigenvalue weighted by Crippen LogP contribution is -2.25. The zero-order valence-electron chi connectivity index (χ0n) is 10.8. The van der Waals surface area contributed by atoms with Crippen LogP contribution in [0.2, 0.25) is 0 Å². The van der Waals surface area contributed by atoms with E-state index >= 15 is 0 Å². The van der Waals surface area contributed by atoms with E-state index in [1.165, 1.54) is 24.6 Å². The van der Waals surface area contributed by atoms with Crippen molar-refractivity contribution >= 4 is 27.3 Å². The summed E-state index contributed by atoms with van der Waals surface area (Å²) in [6.07, 6.45) is 2.80. The van der Waals surface area contributed by atoms with Crippen LogP contribution in [0.25, 0.3) is 0 Å². The molecular weight excluding hydrogens is 302 g/mol. The number of sulfonamides is 1. The highest BCUT2D eigenvalue weighted by molar-refractivity contribution is 7.89. The Bertz CT molecular complexity index is 732. The van der Waals surface area contributed by atoms with Crippen LogP contribution < -0.4 is 0 Å². The van der Waals surface area contributed by atoms with Gasteiger partial charge in [0, 0.05) is 30.9 Å². The van der Waals surface area contributed by atoms with E-state index in [2.05, 4.69) is 9.97 Å². The van der Waals surface area contributed by atoms with Gasteiger partial charge in [0.25, 0.3) is 0 Å². The van der Waals surface area contributed by atoms with E-state index in [4.69, 9.17) is 5.11 Å². The Morgan fingerprint density at radius 3 is 2.75 bits per heavy atom. The molecule has 0 bridgehead atoms. The second kappa shape index (κ2) is 5.35. The molecule has 0 unspecified atom stereocenters. The van der Waals surface area contributed by atoms with Crippen molar-refractivity contribution in [2.75, 3.05) is 7.05 Å². The van der Waals surface area contributed by atoms with Gasteiger partial charge in [-0.3, -0.25) is 0 Å². The van der Waals surface area contributed by atoms with Gasteiger partial charge >= 0.3 is 5.97 Å². The zero-order chi connectivity index (χ0) is 14.9. The minimum Gasteiger partial charge on any atom is -0.477 e. The highest BCUT2D eigenvalue weighted by Crippen LogP contribution is 2.20. The number of carboxylic acid groups (broad SMARTS) is 1. The Morgan fingerprint density at radius 2 is 2.25 bits per heavy atom. The molecule has 2 heterocycles. The molecule has 0 aliphatic carbocycles. The molecule has 0 aliphatic heterocycles. The van der Waals surface area contributed by atoms with Crippen LogP contribution in [0.5, 0.6) is 0 Å². The molecule has 9 heteroatoms. The standard InChI is InChI=1S/C11H13N3O4S2/c1-7-12-4-8(19-7)6-14(2)20(17,18)9-3-10(11(15)16)13-5-9/h3-5,13H,6H2,1-2H3,(H,15,16). The number of carbonyl (C=O) groups is 1. The SMILES string of the molecule is Cc1ncc(CN(C)S(=O)(=O)c2c[nH]c(C(=O)O)c2)s1. The van der Waals surface area contributed by atoms with Gasteiger partial charge in [0.1, 0.15) is 10.6 Å². The summed E-state index contributed by atoms with van der Waals surface area (Å²) < 4.78 is 25.7. The summed E-state index contributed by atoms with van der Waals surface area (Å²) in [4.78, 5) is 18.0. The van der Waals surface area contributed by atoms with E-state index in [9.17, 15) is 13.2 Å². The number of H-pyrrole nitrogens is 1. The Kier molecular flexibility index (Phi) is 3.93. The lowest BCUT2D eigenvalue weighted by Gasteiger charge is -2.14. The number of nitrogens with one attached hydrogen (secondary N) is 1. The molecule has 0 saturated carbocycles. The fraction of sp³-hybridized carbons (Fsp3) is 0.273. The minimum absolute atomic E-state index is 0.0707. The molecule has 0 fully saturated rings. The van der Waals surface area contributed by atoms with E-state index in [-0.39, 0.29) is 17.1 Å². The Hall–Kier alpha value is -1.71. The monoisotopic (exact) mass is 315 g/mol. The minimum atomic E-state index is -3.72. The molecule has 0 aromatic carbocycles. The molecule has 0 atom stereocenters. The number of thiazole rings is 1. The average Bonchev–Trinajstić information content (AvgIpc) is 2.98. The first-order valence-electron chi connectivity index (χ1n) is 5.60. The number of aromatic carboxylic acids is 1. The van der Waals surface area contributed by atoms with Crippen molar-refractivity contribution in [2.45, 2.75) is 18.4 Å². The molecule has 108 valence electrons. The van der Waals surface area contributed by atoms with Gasteiger partial charge in [0.15, 0.2) is 0 Å². The van der Waals surface area contributed by atoms with Crippen molar-refractivity contribution in [3.8, 4) is 0 Å². The van der Waals surface area contributed by atoms with Crippen LogP contribution in [0, 0.1) is 6.92 Å². The van der Waals surface area contributed by atoms with Crippen LogP contribution in [0.4, 0.5) is 0 Å². The number of hydrogen-bond donors (Lipinski definition) is 2. The summed E-state index contributed by atoms with van der Waals surface area (Å²) in [7, 11) is -2.28. The molecule has 0 aliphatic rings. The van der Waals surface area contributed by atoms with Crippen LogP contribution in [-0.2, 0) is 16.6 Å². The maximum Gasteiger partial charge on any atom is 0.352 e. The predicted molar refractivity (Wildman–Crippen MR) is 73.3 cm³/mol. The van der Waals surface area contributed by atoms with Gasteiger partial charge in [-0.1, -0.05) is 0 Å². The molecule has 0 spiro atoms. The first-order chi connectivity index (χ1) is 9.30. The van der Waals surface area contributed by atoms with E-state index in [1.807, 2.05) is 6.92 Å². The predicted octanol–water partition coefficient (Wildman–Crippen LogP) is 1.30. The van der Waals surface area contributed by atoms with Crippen LogP contribution in [-0.4, -0.2) is 40.8 Å². The van der Waals surface area contributed by atoms with Crippen molar-refractivity contribution in [3.05, 3.63) is 34.0 Å². The fourth-order valence-corrected chi connectivity index (χ4v) is 3.68. The first kappa shape index (κ1) is 14.7. The van der Waals surface area contributed by atoms with E-state index in [0.29, 0.717) is 0 Å². The van der Waals surface area contributed by atoms with Gasteiger partial charge in [-0.25, -0.2) is 18.2 Å². The van der Waals surface area contributed by atoms with Crippen LogP contribution in [0.1, 0.15) is 20.4 Å². The van der Waals surface area contributed by atoms with Gasteiger partial charge < -0.3 is 10.1 Å². The molecule has 0 radical (unpaired) electrons. The Balaban J connectivity index is 2.22. The molecule has 7 nitrogen and oxygen atoms in total. The van der Waals surface area contributed by atoms with Crippen molar-refractivity contribution in [2.24, 2.45) is 0 Å². The summed E-state index contributed by atoms with van der Waals surface area (Å²) in [5, 5.41) is 9.66. The molecule has 0 saturated heterocycles. The lowest BCUT2D eigenvalue weighted by atomic mass is 10.4. The number of aryl methyl sites for hydroxylation is 1. The van der Waals surface area contributed by atoms with Gasteiger partial charge in [-0.05, 0) is 13.0 Å². The van der Waals surface area contributed by atoms with Gasteiger partial charge in [-0.15, -0.1) is 11.3 Å². The summed E-state index contributed by atoms with van der Waals surface area (Å²) in [6.45, 7) is 2.04. The van der Waals surface area contributed by atoms with Crippen molar-refractivity contribution in [3.63, 3.8) is 0 Å². The molecule has 20 heavy (non-hydrogen) atoms. The molecule has 0 amide bonds. The molecular formula is C11H13N3O4S2. The maximum absolute atomic E-state index is 12.3. The van der Waals surface area contributed by atoms with E-state index < -0.39 is 16.0 Å². The highest BCUT2D eigenvalue weighted by atomic mass is 32.2. The van der Waals surface area contributed by atoms with Gasteiger partial charge in [-0.2, -0.15) is 4.31 Å². The van der Waals surface area contributed by atoms with Crippen molar-refractivity contribution in [1.82, 2.24) is 14.3 Å². The summed E-state index contributed by atoms with van der Waals surface area (Å²) in [5.41, 5.74) is -0.161. The second-order valence-electron chi connectivity index (χ2n) is 4.16. The maximum atomic E-state index is 12.3. The van der Waals surface area contributed by atoms with Crippen LogP contribution in [0.15, 0.2) is 23.4 Å². The van der Waals surface area contributed by atoms with E-state index in [1.54, 1.807) is 6.20 Å². The summed E-state index contributed by atoms with van der Waals surface area (Å²) >= 11 is 1.42. The fourth-order valence-electron chi connectivity index (χ4n) is 1.61. The second-order valence-corrected chi connectivity index (χ2v) is 7.53. The smallest absolute Gasteiger partial charge is 0.352 e. The van der Waals surface area contributed by atoms with Crippen LogP contribution in [0.3, 0.4) is 0 Å². The topological polar surface area (TPSA) is 103 Å². The number of carboxylic acids is 1. The molecule has 2 aromatic rings.